The predicted molar refractivity (Wildman–Crippen MR) is 64.1 cm³/mol. The van der Waals surface area contributed by atoms with E-state index in [1.54, 1.807) is 6.33 Å². The van der Waals surface area contributed by atoms with E-state index in [1.165, 1.54) is 0 Å². The molecule has 3 nitrogen and oxygen atoms in total. The Morgan fingerprint density at radius 1 is 1.33 bits per heavy atom. The lowest BCUT2D eigenvalue weighted by molar-refractivity contribution is 0.559. The van der Waals surface area contributed by atoms with Crippen molar-refractivity contribution in [2.45, 2.75) is 33.1 Å². The standard InChI is InChI=1S/C11H14BrN3/c1-7-5-8-9(12)10(11(2,3)4)14-15(8)6-13-7/h5-6H,1-4H3. The lowest BCUT2D eigenvalue weighted by atomic mass is 9.92. The highest BCUT2D eigenvalue weighted by atomic mass is 79.9. The molecule has 0 spiro atoms. The monoisotopic (exact) mass is 267 g/mol. The Hall–Kier alpha value is -0.900. The van der Waals surface area contributed by atoms with Crippen LogP contribution in [0.2, 0.25) is 0 Å². The van der Waals surface area contributed by atoms with Gasteiger partial charge < -0.3 is 0 Å². The summed E-state index contributed by atoms with van der Waals surface area (Å²) in [5.74, 6) is 0. The summed E-state index contributed by atoms with van der Waals surface area (Å²) in [6.45, 7) is 8.44. The molecule has 0 aliphatic heterocycles. The van der Waals surface area contributed by atoms with Gasteiger partial charge in [-0.15, -0.1) is 0 Å². The number of rotatable bonds is 0. The summed E-state index contributed by atoms with van der Waals surface area (Å²) in [6, 6.07) is 2.03. The molecule has 0 unspecified atom stereocenters. The largest absolute Gasteiger partial charge is 0.242 e. The van der Waals surface area contributed by atoms with Gasteiger partial charge in [0.25, 0.3) is 0 Å². The number of hydrogen-bond acceptors (Lipinski definition) is 2. The van der Waals surface area contributed by atoms with E-state index >= 15 is 0 Å². The van der Waals surface area contributed by atoms with E-state index < -0.39 is 0 Å². The van der Waals surface area contributed by atoms with Crippen LogP contribution in [-0.2, 0) is 5.41 Å². The van der Waals surface area contributed by atoms with Crippen LogP contribution in [0.3, 0.4) is 0 Å². The predicted octanol–water partition coefficient (Wildman–Crippen LogP) is 3.10. The average molecular weight is 268 g/mol. The van der Waals surface area contributed by atoms with Gasteiger partial charge in [0, 0.05) is 11.1 Å². The fourth-order valence-electron chi connectivity index (χ4n) is 1.51. The van der Waals surface area contributed by atoms with E-state index in [0.29, 0.717) is 0 Å². The number of fused-ring (bicyclic) bond motifs is 1. The Morgan fingerprint density at radius 2 is 2.00 bits per heavy atom. The van der Waals surface area contributed by atoms with Gasteiger partial charge in [-0.2, -0.15) is 5.10 Å². The van der Waals surface area contributed by atoms with Crippen molar-refractivity contribution in [1.29, 1.82) is 0 Å². The van der Waals surface area contributed by atoms with Gasteiger partial charge in [-0.25, -0.2) is 9.50 Å². The minimum Gasteiger partial charge on any atom is -0.242 e. The van der Waals surface area contributed by atoms with E-state index in [9.17, 15) is 0 Å². The molecule has 0 radical (unpaired) electrons. The fraction of sp³-hybridized carbons (Fsp3) is 0.455. The highest BCUT2D eigenvalue weighted by molar-refractivity contribution is 9.10. The molecule has 0 aliphatic rings. The molecule has 2 heterocycles. The average Bonchev–Trinajstić information content (AvgIpc) is 2.43. The zero-order valence-electron chi connectivity index (χ0n) is 9.37. The summed E-state index contributed by atoms with van der Waals surface area (Å²) in [6.07, 6.45) is 1.75. The Labute approximate surface area is 97.6 Å². The van der Waals surface area contributed by atoms with Crippen LogP contribution in [-0.4, -0.2) is 14.6 Å². The van der Waals surface area contributed by atoms with Crippen LogP contribution in [0.4, 0.5) is 0 Å². The summed E-state index contributed by atoms with van der Waals surface area (Å²) < 4.78 is 2.89. The molecule has 0 N–H and O–H groups in total. The van der Waals surface area contributed by atoms with Crippen LogP contribution < -0.4 is 0 Å². The molecule has 4 heteroatoms. The summed E-state index contributed by atoms with van der Waals surface area (Å²) in [4.78, 5) is 4.22. The summed E-state index contributed by atoms with van der Waals surface area (Å²) in [5.41, 5.74) is 3.18. The highest BCUT2D eigenvalue weighted by Gasteiger charge is 2.22. The Kier molecular flexibility index (Phi) is 2.34. The molecule has 80 valence electrons. The summed E-state index contributed by atoms with van der Waals surface area (Å²) in [5, 5.41) is 4.53. The van der Waals surface area contributed by atoms with Crippen molar-refractivity contribution < 1.29 is 0 Å². The zero-order chi connectivity index (χ0) is 11.2. The second-order valence-corrected chi connectivity index (χ2v) is 5.57. The topological polar surface area (TPSA) is 30.2 Å². The van der Waals surface area contributed by atoms with Crippen LogP contribution in [0.25, 0.3) is 5.52 Å². The van der Waals surface area contributed by atoms with Gasteiger partial charge >= 0.3 is 0 Å². The minimum absolute atomic E-state index is 0.0404. The SMILES string of the molecule is Cc1cc2c(Br)c(C(C)(C)C)nn2cn1. The van der Waals surface area contributed by atoms with Crippen LogP contribution in [0.5, 0.6) is 0 Å². The molecule has 2 aromatic heterocycles. The number of nitrogens with zero attached hydrogens (tertiary/aromatic N) is 3. The molecule has 15 heavy (non-hydrogen) atoms. The molecule has 0 aromatic carbocycles. The second-order valence-electron chi connectivity index (χ2n) is 4.77. The first kappa shape index (κ1) is 10.6. The molecule has 0 bridgehead atoms. The van der Waals surface area contributed by atoms with E-state index in [1.807, 2.05) is 17.5 Å². The third-order valence-corrected chi connectivity index (χ3v) is 3.10. The highest BCUT2D eigenvalue weighted by Crippen LogP contribution is 2.31. The molecule has 0 amide bonds. The molecule has 0 aliphatic carbocycles. The first-order valence-electron chi connectivity index (χ1n) is 4.90. The Balaban J connectivity index is 2.76. The van der Waals surface area contributed by atoms with Crippen molar-refractivity contribution in [2.75, 3.05) is 0 Å². The van der Waals surface area contributed by atoms with Gasteiger partial charge in [-0.3, -0.25) is 0 Å². The maximum Gasteiger partial charge on any atom is 0.117 e. The van der Waals surface area contributed by atoms with Crippen molar-refractivity contribution in [3.8, 4) is 0 Å². The van der Waals surface area contributed by atoms with E-state index in [-0.39, 0.29) is 5.41 Å². The number of hydrogen-bond donors (Lipinski definition) is 0. The van der Waals surface area contributed by atoms with Crippen LogP contribution in [0.1, 0.15) is 32.2 Å². The van der Waals surface area contributed by atoms with Crippen molar-refractivity contribution >= 4 is 21.4 Å². The number of aromatic nitrogens is 3. The van der Waals surface area contributed by atoms with Crippen LogP contribution in [0, 0.1) is 6.92 Å². The first-order chi connectivity index (χ1) is 6.89. The van der Waals surface area contributed by atoms with Gasteiger partial charge in [0.05, 0.1) is 15.7 Å². The van der Waals surface area contributed by atoms with E-state index in [2.05, 4.69) is 46.8 Å². The van der Waals surface area contributed by atoms with Crippen molar-refractivity contribution in [1.82, 2.24) is 14.6 Å². The van der Waals surface area contributed by atoms with Gasteiger partial charge in [0.2, 0.25) is 0 Å². The lowest BCUT2D eigenvalue weighted by Gasteiger charge is -2.14. The summed E-state index contributed by atoms with van der Waals surface area (Å²) in [7, 11) is 0. The second kappa shape index (κ2) is 3.30. The minimum atomic E-state index is 0.0404. The zero-order valence-corrected chi connectivity index (χ0v) is 11.0. The van der Waals surface area contributed by atoms with Crippen LogP contribution >= 0.6 is 15.9 Å². The number of aryl methyl sites for hydroxylation is 1. The Morgan fingerprint density at radius 3 is 2.60 bits per heavy atom. The first-order valence-corrected chi connectivity index (χ1v) is 5.70. The summed E-state index contributed by atoms with van der Waals surface area (Å²) >= 11 is 3.61. The number of halogens is 1. The van der Waals surface area contributed by atoms with Gasteiger partial charge in [-0.05, 0) is 28.9 Å². The molecule has 0 atom stereocenters. The third kappa shape index (κ3) is 1.78. The maximum absolute atomic E-state index is 4.53. The van der Waals surface area contributed by atoms with Gasteiger partial charge in [0.15, 0.2) is 0 Å². The van der Waals surface area contributed by atoms with Crippen molar-refractivity contribution in [3.63, 3.8) is 0 Å². The van der Waals surface area contributed by atoms with Gasteiger partial charge in [0.1, 0.15) is 6.33 Å². The van der Waals surface area contributed by atoms with Crippen LogP contribution in [0.15, 0.2) is 16.9 Å². The van der Waals surface area contributed by atoms with Crippen molar-refractivity contribution in [2.24, 2.45) is 0 Å². The fourth-order valence-corrected chi connectivity index (χ4v) is 2.48. The molecule has 0 fully saturated rings. The maximum atomic E-state index is 4.53. The Bertz CT molecular complexity index is 508. The lowest BCUT2D eigenvalue weighted by Crippen LogP contribution is -2.12. The molecule has 2 rings (SSSR count). The molecule has 0 saturated heterocycles. The molecular formula is C11H14BrN3. The van der Waals surface area contributed by atoms with Gasteiger partial charge in [-0.1, -0.05) is 20.8 Å². The molecule has 0 saturated carbocycles. The molecule has 2 aromatic rings. The third-order valence-electron chi connectivity index (χ3n) is 2.31. The quantitative estimate of drug-likeness (QED) is 0.735. The molecular weight excluding hydrogens is 254 g/mol. The van der Waals surface area contributed by atoms with E-state index in [4.69, 9.17) is 0 Å². The smallest absolute Gasteiger partial charge is 0.117 e. The van der Waals surface area contributed by atoms with E-state index in [0.717, 1.165) is 21.4 Å². The van der Waals surface area contributed by atoms with Crippen molar-refractivity contribution in [3.05, 3.63) is 28.3 Å². The normalized spacial score (nSPS) is 12.3.